The van der Waals surface area contributed by atoms with Crippen LogP contribution < -0.4 is 4.74 Å². The number of likely N-dealkylation sites (tertiary alicyclic amines) is 1. The molecule has 1 N–H and O–H groups in total. The third-order valence-corrected chi connectivity index (χ3v) is 3.83. The van der Waals surface area contributed by atoms with Gasteiger partial charge in [0.05, 0.1) is 12.0 Å². The fourth-order valence-corrected chi connectivity index (χ4v) is 2.43. The van der Waals surface area contributed by atoms with Crippen molar-refractivity contribution >= 4 is 11.9 Å². The summed E-state index contributed by atoms with van der Waals surface area (Å²) in [5.41, 5.74) is -0.301. The zero-order valence-electron chi connectivity index (χ0n) is 12.5. The van der Waals surface area contributed by atoms with Crippen LogP contribution >= 0.6 is 0 Å². The number of rotatable bonds is 5. The fourth-order valence-electron chi connectivity index (χ4n) is 2.43. The molecule has 0 radical (unpaired) electrons. The first-order chi connectivity index (χ1) is 9.96. The summed E-state index contributed by atoms with van der Waals surface area (Å²) < 4.78 is 5.52. The lowest BCUT2D eigenvalue weighted by atomic mass is 9.90. The van der Waals surface area contributed by atoms with Gasteiger partial charge in [-0.25, -0.2) is 0 Å². The summed E-state index contributed by atoms with van der Waals surface area (Å²) in [5, 5.41) is 9.23. The molecule has 0 spiro atoms. The minimum atomic E-state index is -0.849. The van der Waals surface area contributed by atoms with Gasteiger partial charge in [0.15, 0.2) is 0 Å². The summed E-state index contributed by atoms with van der Waals surface area (Å²) in [6.07, 6.45) is 1.39. The number of hydrogen-bond acceptors (Lipinski definition) is 3. The van der Waals surface area contributed by atoms with Crippen molar-refractivity contribution in [3.05, 3.63) is 29.8 Å². The number of carboxylic acids is 1. The van der Waals surface area contributed by atoms with Gasteiger partial charge < -0.3 is 14.7 Å². The van der Waals surface area contributed by atoms with Gasteiger partial charge in [0, 0.05) is 18.7 Å². The van der Waals surface area contributed by atoms with Crippen LogP contribution in [0.1, 0.15) is 37.0 Å². The average Bonchev–Trinajstić information content (AvgIpc) is 2.88. The number of ether oxygens (including phenoxy) is 1. The first kappa shape index (κ1) is 15.4. The molecule has 5 heteroatoms. The molecule has 1 atom stereocenters. The number of carbonyl (C=O) groups excluding carboxylic acids is 1. The van der Waals surface area contributed by atoms with Gasteiger partial charge in [-0.15, -0.1) is 0 Å². The van der Waals surface area contributed by atoms with E-state index >= 15 is 0 Å². The van der Waals surface area contributed by atoms with Gasteiger partial charge in [0.25, 0.3) is 5.91 Å². The molecule has 1 saturated heterocycles. The summed E-state index contributed by atoms with van der Waals surface area (Å²) >= 11 is 0. The number of benzene rings is 1. The Hall–Kier alpha value is -2.04. The van der Waals surface area contributed by atoms with Gasteiger partial charge in [-0.2, -0.15) is 0 Å². The van der Waals surface area contributed by atoms with E-state index in [1.807, 2.05) is 13.0 Å². The second kappa shape index (κ2) is 6.16. The second-order valence-corrected chi connectivity index (χ2v) is 5.72. The highest BCUT2D eigenvalue weighted by Gasteiger charge is 2.42. The molecule has 1 aliphatic heterocycles. The van der Waals surface area contributed by atoms with Crippen molar-refractivity contribution in [2.24, 2.45) is 5.41 Å². The van der Waals surface area contributed by atoms with Crippen molar-refractivity contribution in [1.29, 1.82) is 0 Å². The highest BCUT2D eigenvalue weighted by Crippen LogP contribution is 2.31. The van der Waals surface area contributed by atoms with E-state index < -0.39 is 11.4 Å². The summed E-state index contributed by atoms with van der Waals surface area (Å²) in [6.45, 7) is 5.04. The minimum Gasteiger partial charge on any atom is -0.494 e. The number of amides is 1. The third kappa shape index (κ3) is 3.35. The van der Waals surface area contributed by atoms with Crippen LogP contribution in [-0.2, 0) is 4.79 Å². The largest absolute Gasteiger partial charge is 0.494 e. The lowest BCUT2D eigenvalue weighted by Gasteiger charge is -2.20. The number of nitrogens with zero attached hydrogens (tertiary/aromatic N) is 1. The lowest BCUT2D eigenvalue weighted by molar-refractivity contribution is -0.147. The Kier molecular flexibility index (Phi) is 4.50. The van der Waals surface area contributed by atoms with E-state index in [0.29, 0.717) is 30.9 Å². The van der Waals surface area contributed by atoms with Crippen LogP contribution in [0.4, 0.5) is 0 Å². The van der Waals surface area contributed by atoms with E-state index in [1.165, 1.54) is 0 Å². The first-order valence-electron chi connectivity index (χ1n) is 7.22. The van der Waals surface area contributed by atoms with E-state index in [2.05, 4.69) is 0 Å². The molecule has 114 valence electrons. The lowest BCUT2D eigenvalue weighted by Crippen LogP contribution is -2.34. The molecule has 1 aliphatic rings. The van der Waals surface area contributed by atoms with Gasteiger partial charge in [-0.05, 0) is 38.0 Å². The quantitative estimate of drug-likeness (QED) is 0.904. The Morgan fingerprint density at radius 3 is 2.81 bits per heavy atom. The van der Waals surface area contributed by atoms with Gasteiger partial charge >= 0.3 is 5.97 Å². The fraction of sp³-hybridized carbons (Fsp3) is 0.500. The molecule has 5 nitrogen and oxygen atoms in total. The van der Waals surface area contributed by atoms with Crippen molar-refractivity contribution in [3.8, 4) is 5.75 Å². The summed E-state index contributed by atoms with van der Waals surface area (Å²) in [7, 11) is 0. The number of carbonyl (C=O) groups is 2. The maximum absolute atomic E-state index is 12.5. The van der Waals surface area contributed by atoms with Crippen LogP contribution in [-0.4, -0.2) is 41.6 Å². The molecule has 0 bridgehead atoms. The Morgan fingerprint density at radius 1 is 1.43 bits per heavy atom. The summed E-state index contributed by atoms with van der Waals surface area (Å²) in [6, 6.07) is 7.05. The molecule has 1 unspecified atom stereocenters. The van der Waals surface area contributed by atoms with Crippen molar-refractivity contribution in [3.63, 3.8) is 0 Å². The van der Waals surface area contributed by atoms with E-state index in [0.717, 1.165) is 6.42 Å². The molecule has 1 fully saturated rings. The van der Waals surface area contributed by atoms with Gasteiger partial charge in [-0.3, -0.25) is 9.59 Å². The van der Waals surface area contributed by atoms with Crippen LogP contribution in [0.15, 0.2) is 24.3 Å². The third-order valence-electron chi connectivity index (χ3n) is 3.83. The molecule has 0 aliphatic carbocycles. The van der Waals surface area contributed by atoms with Gasteiger partial charge in [-0.1, -0.05) is 13.0 Å². The standard InChI is InChI=1S/C16H21NO4/c1-3-9-21-13-6-4-5-12(10-13)14(18)17-8-7-16(2,11-17)15(19)20/h4-6,10H,3,7-9,11H2,1-2H3,(H,19,20). The van der Waals surface area contributed by atoms with Gasteiger partial charge in [0.2, 0.25) is 0 Å². The Morgan fingerprint density at radius 2 is 2.19 bits per heavy atom. The Bertz CT molecular complexity index is 543. The number of carboxylic acid groups (broad SMARTS) is 1. The zero-order chi connectivity index (χ0) is 15.5. The molecule has 1 aromatic carbocycles. The Balaban J connectivity index is 2.09. The van der Waals surface area contributed by atoms with Crippen LogP contribution in [0, 0.1) is 5.41 Å². The van der Waals surface area contributed by atoms with E-state index in [4.69, 9.17) is 4.74 Å². The van der Waals surface area contributed by atoms with Gasteiger partial charge in [0.1, 0.15) is 5.75 Å². The predicted molar refractivity (Wildman–Crippen MR) is 78.5 cm³/mol. The van der Waals surface area contributed by atoms with Crippen molar-refractivity contribution in [2.45, 2.75) is 26.7 Å². The van der Waals surface area contributed by atoms with Crippen LogP contribution in [0.25, 0.3) is 0 Å². The average molecular weight is 291 g/mol. The van der Waals surface area contributed by atoms with Crippen LogP contribution in [0.2, 0.25) is 0 Å². The van der Waals surface area contributed by atoms with E-state index in [-0.39, 0.29) is 12.5 Å². The highest BCUT2D eigenvalue weighted by molar-refractivity contribution is 5.95. The Labute approximate surface area is 124 Å². The molecular weight excluding hydrogens is 270 g/mol. The molecule has 21 heavy (non-hydrogen) atoms. The van der Waals surface area contributed by atoms with Crippen molar-refractivity contribution in [2.75, 3.05) is 19.7 Å². The topological polar surface area (TPSA) is 66.8 Å². The van der Waals surface area contributed by atoms with Crippen molar-refractivity contribution < 1.29 is 19.4 Å². The second-order valence-electron chi connectivity index (χ2n) is 5.72. The summed E-state index contributed by atoms with van der Waals surface area (Å²) in [5.74, 6) is -0.317. The molecular formula is C16H21NO4. The molecule has 0 saturated carbocycles. The molecule has 0 aromatic heterocycles. The number of hydrogen-bond donors (Lipinski definition) is 1. The smallest absolute Gasteiger partial charge is 0.311 e. The maximum Gasteiger partial charge on any atom is 0.311 e. The van der Waals surface area contributed by atoms with E-state index in [9.17, 15) is 14.7 Å². The zero-order valence-corrected chi connectivity index (χ0v) is 12.5. The molecule has 1 amide bonds. The monoisotopic (exact) mass is 291 g/mol. The predicted octanol–water partition coefficient (Wildman–Crippen LogP) is 2.41. The molecule has 2 rings (SSSR count). The minimum absolute atomic E-state index is 0.137. The normalized spacial score (nSPS) is 21.3. The SMILES string of the molecule is CCCOc1cccc(C(=O)N2CCC(C)(C(=O)O)C2)c1. The van der Waals surface area contributed by atoms with E-state index in [1.54, 1.807) is 30.0 Å². The summed E-state index contributed by atoms with van der Waals surface area (Å²) in [4.78, 5) is 25.3. The molecule has 1 aromatic rings. The van der Waals surface area contributed by atoms with Crippen molar-refractivity contribution in [1.82, 2.24) is 4.90 Å². The number of aliphatic carboxylic acids is 1. The maximum atomic E-state index is 12.5. The highest BCUT2D eigenvalue weighted by atomic mass is 16.5. The van der Waals surface area contributed by atoms with Crippen LogP contribution in [0.3, 0.4) is 0 Å². The van der Waals surface area contributed by atoms with Crippen LogP contribution in [0.5, 0.6) is 5.75 Å². The molecule has 1 heterocycles. The first-order valence-corrected chi connectivity index (χ1v) is 7.22.